The van der Waals surface area contributed by atoms with Crippen LogP contribution in [0.4, 0.5) is 16.3 Å². The van der Waals surface area contributed by atoms with E-state index < -0.39 is 11.6 Å². The Hall–Kier alpha value is -3.48. The molecule has 2 aromatic carbocycles. The van der Waals surface area contributed by atoms with Crippen LogP contribution in [0.5, 0.6) is 5.75 Å². The van der Waals surface area contributed by atoms with Gasteiger partial charge < -0.3 is 15.8 Å². The average Bonchev–Trinajstić information content (AvgIpc) is 2.91. The van der Waals surface area contributed by atoms with Crippen LogP contribution in [0.2, 0.25) is 0 Å². The lowest BCUT2D eigenvalue weighted by Crippen LogP contribution is -2.30. The minimum absolute atomic E-state index is 0.135. The number of nitrogen functional groups attached to an aromatic ring is 1. The molecule has 3 rings (SSSR count). The molecule has 0 spiro atoms. The van der Waals surface area contributed by atoms with E-state index in [2.05, 4.69) is 10.4 Å². The van der Waals surface area contributed by atoms with Gasteiger partial charge in [0, 0.05) is 5.69 Å². The monoisotopic (exact) mass is 324 g/mol. The highest BCUT2D eigenvalue weighted by Gasteiger charge is 2.18. The summed E-state index contributed by atoms with van der Waals surface area (Å²) >= 11 is 0. The number of nitrogens with one attached hydrogen (secondary N) is 2. The van der Waals surface area contributed by atoms with Crippen molar-refractivity contribution in [3.05, 3.63) is 65.0 Å². The van der Waals surface area contributed by atoms with Gasteiger partial charge in [-0.2, -0.15) is 4.68 Å². The van der Waals surface area contributed by atoms with Crippen LogP contribution in [0.25, 0.3) is 11.1 Å². The van der Waals surface area contributed by atoms with E-state index in [1.54, 1.807) is 55.6 Å². The number of rotatable bonds is 3. The van der Waals surface area contributed by atoms with Crippen LogP contribution >= 0.6 is 0 Å². The molecule has 24 heavy (non-hydrogen) atoms. The lowest BCUT2D eigenvalue weighted by Gasteiger charge is -2.05. The molecule has 4 N–H and O–H groups in total. The zero-order valence-corrected chi connectivity index (χ0v) is 12.9. The summed E-state index contributed by atoms with van der Waals surface area (Å²) in [5.74, 6) is 0.803. The molecule has 0 saturated heterocycles. The van der Waals surface area contributed by atoms with E-state index in [4.69, 9.17) is 10.5 Å². The van der Waals surface area contributed by atoms with Crippen LogP contribution in [-0.4, -0.2) is 22.9 Å². The second-order valence-corrected chi connectivity index (χ2v) is 5.07. The number of carbonyl (C=O) groups is 1. The first-order valence-electron chi connectivity index (χ1n) is 7.21. The first kappa shape index (κ1) is 15.4. The third kappa shape index (κ3) is 2.87. The third-order valence-electron chi connectivity index (χ3n) is 3.53. The van der Waals surface area contributed by atoms with Crippen molar-refractivity contribution in [1.29, 1.82) is 0 Å². The minimum Gasteiger partial charge on any atom is -0.497 e. The van der Waals surface area contributed by atoms with Gasteiger partial charge in [-0.1, -0.05) is 30.3 Å². The van der Waals surface area contributed by atoms with Crippen molar-refractivity contribution in [2.24, 2.45) is 0 Å². The van der Waals surface area contributed by atoms with Gasteiger partial charge in [-0.3, -0.25) is 9.89 Å². The van der Waals surface area contributed by atoms with Crippen molar-refractivity contribution in [3.8, 4) is 16.9 Å². The highest BCUT2D eigenvalue weighted by Crippen LogP contribution is 2.20. The zero-order valence-electron chi connectivity index (χ0n) is 12.9. The van der Waals surface area contributed by atoms with Gasteiger partial charge in [0.2, 0.25) is 0 Å². The van der Waals surface area contributed by atoms with E-state index >= 15 is 0 Å². The van der Waals surface area contributed by atoms with Crippen molar-refractivity contribution in [2.75, 3.05) is 18.2 Å². The van der Waals surface area contributed by atoms with Crippen molar-refractivity contribution in [1.82, 2.24) is 9.78 Å². The van der Waals surface area contributed by atoms with Gasteiger partial charge in [0.25, 0.3) is 5.56 Å². The Morgan fingerprint density at radius 1 is 1.12 bits per heavy atom. The number of ether oxygens (including phenoxy) is 1. The topological polar surface area (TPSA) is 102 Å². The first-order valence-corrected chi connectivity index (χ1v) is 7.21. The maximum atomic E-state index is 12.5. The Morgan fingerprint density at radius 2 is 1.79 bits per heavy atom. The Kier molecular flexibility index (Phi) is 4.07. The molecular formula is C17H16N4O3. The molecule has 0 saturated carbocycles. The molecule has 7 nitrogen and oxygen atoms in total. The molecule has 7 heteroatoms. The number of carbonyl (C=O) groups excluding carboxylic acids is 1. The summed E-state index contributed by atoms with van der Waals surface area (Å²) in [6.45, 7) is 0. The molecule has 0 bridgehead atoms. The largest absolute Gasteiger partial charge is 0.497 e. The summed E-state index contributed by atoms with van der Waals surface area (Å²) in [5.41, 5.74) is 6.80. The number of H-pyrrole nitrogens is 1. The number of benzene rings is 2. The molecule has 0 atom stereocenters. The van der Waals surface area contributed by atoms with Crippen LogP contribution in [0, 0.1) is 0 Å². The molecule has 1 heterocycles. The van der Waals surface area contributed by atoms with Gasteiger partial charge in [-0.05, 0) is 29.8 Å². The van der Waals surface area contributed by atoms with Crippen molar-refractivity contribution in [2.45, 2.75) is 0 Å². The number of aromatic amines is 1. The highest BCUT2D eigenvalue weighted by molar-refractivity contribution is 5.91. The van der Waals surface area contributed by atoms with E-state index in [1.165, 1.54) is 0 Å². The predicted molar refractivity (Wildman–Crippen MR) is 92.3 cm³/mol. The molecule has 122 valence electrons. The lowest BCUT2D eigenvalue weighted by atomic mass is 10.1. The van der Waals surface area contributed by atoms with E-state index in [9.17, 15) is 9.59 Å². The van der Waals surface area contributed by atoms with Crippen LogP contribution in [-0.2, 0) is 0 Å². The molecule has 0 aliphatic carbocycles. The number of nitrogens with two attached hydrogens (primary N) is 1. The van der Waals surface area contributed by atoms with Crippen LogP contribution in [0.3, 0.4) is 0 Å². The number of hydrogen-bond acceptors (Lipinski definition) is 4. The molecule has 0 aliphatic rings. The van der Waals surface area contributed by atoms with Gasteiger partial charge >= 0.3 is 6.03 Å². The molecule has 3 aromatic rings. The summed E-state index contributed by atoms with van der Waals surface area (Å²) in [5, 5.41) is 5.22. The smallest absolute Gasteiger partial charge is 0.348 e. The summed E-state index contributed by atoms with van der Waals surface area (Å²) in [6, 6.07) is 15.1. The normalized spacial score (nSPS) is 10.4. The zero-order chi connectivity index (χ0) is 17.1. The molecule has 0 radical (unpaired) electrons. The Balaban J connectivity index is 1.89. The fourth-order valence-corrected chi connectivity index (χ4v) is 2.33. The molecule has 0 aliphatic heterocycles. The maximum absolute atomic E-state index is 12.5. The average molecular weight is 324 g/mol. The first-order chi connectivity index (χ1) is 11.6. The molecular weight excluding hydrogens is 308 g/mol. The molecule has 0 unspecified atom stereocenters. The van der Waals surface area contributed by atoms with Crippen LogP contribution < -0.4 is 21.3 Å². The van der Waals surface area contributed by atoms with Crippen molar-refractivity contribution >= 4 is 17.5 Å². The molecule has 0 fully saturated rings. The van der Waals surface area contributed by atoms with Gasteiger partial charge in [0.05, 0.1) is 12.7 Å². The van der Waals surface area contributed by atoms with E-state index in [-0.39, 0.29) is 11.4 Å². The van der Waals surface area contributed by atoms with Gasteiger partial charge in [-0.15, -0.1) is 0 Å². The number of aromatic nitrogens is 2. The van der Waals surface area contributed by atoms with Crippen LogP contribution in [0.1, 0.15) is 0 Å². The Labute approximate surface area is 137 Å². The number of anilines is 2. The predicted octanol–water partition coefficient (Wildman–Crippen LogP) is 2.51. The molecule has 1 aromatic heterocycles. The standard InChI is InChI=1S/C17H16N4O3/c1-24-13-9-7-12(8-10-13)19-17(23)21-16(22)14(15(18)20-21)11-5-3-2-4-6-11/h2-10,20H,18H2,1H3,(H,19,23). The SMILES string of the molecule is COc1ccc(NC(=O)n2[nH]c(N)c(-c3ccccc3)c2=O)cc1. The van der Waals surface area contributed by atoms with Crippen molar-refractivity contribution < 1.29 is 9.53 Å². The fraction of sp³-hybridized carbons (Fsp3) is 0.0588. The quantitative estimate of drug-likeness (QED) is 0.689. The van der Waals surface area contributed by atoms with Gasteiger partial charge in [0.15, 0.2) is 0 Å². The van der Waals surface area contributed by atoms with E-state index in [1.807, 2.05) is 6.07 Å². The fourth-order valence-electron chi connectivity index (χ4n) is 2.33. The van der Waals surface area contributed by atoms with Gasteiger partial charge in [0.1, 0.15) is 11.6 Å². The molecule has 1 amide bonds. The number of methoxy groups -OCH3 is 1. The van der Waals surface area contributed by atoms with E-state index in [0.29, 0.717) is 17.0 Å². The van der Waals surface area contributed by atoms with Crippen molar-refractivity contribution in [3.63, 3.8) is 0 Å². The number of nitrogens with zero attached hydrogens (tertiary/aromatic N) is 1. The van der Waals surface area contributed by atoms with Gasteiger partial charge in [-0.25, -0.2) is 4.79 Å². The Morgan fingerprint density at radius 3 is 2.42 bits per heavy atom. The van der Waals surface area contributed by atoms with E-state index in [0.717, 1.165) is 4.68 Å². The minimum atomic E-state index is -0.626. The summed E-state index contributed by atoms with van der Waals surface area (Å²) < 4.78 is 5.90. The van der Waals surface area contributed by atoms with Crippen LogP contribution in [0.15, 0.2) is 59.4 Å². The maximum Gasteiger partial charge on any atom is 0.348 e. The number of amides is 1. The second kappa shape index (κ2) is 6.33. The summed E-state index contributed by atoms with van der Waals surface area (Å²) in [6.07, 6.45) is 0. The highest BCUT2D eigenvalue weighted by atomic mass is 16.5. The summed E-state index contributed by atoms with van der Waals surface area (Å²) in [7, 11) is 1.56. The number of hydrogen-bond donors (Lipinski definition) is 3. The Bertz CT molecular complexity index is 911. The second-order valence-electron chi connectivity index (χ2n) is 5.07. The lowest BCUT2D eigenvalue weighted by molar-refractivity contribution is 0.250. The third-order valence-corrected chi connectivity index (χ3v) is 3.53. The summed E-state index contributed by atoms with van der Waals surface area (Å²) in [4.78, 5) is 24.8.